The summed E-state index contributed by atoms with van der Waals surface area (Å²) in [5.74, 6) is -3.90. The molecular weight excluding hydrogens is 418 g/mol. The van der Waals surface area contributed by atoms with Gasteiger partial charge in [-0.05, 0) is 61.2 Å². The zero-order valence-electron chi connectivity index (χ0n) is 18.5. The van der Waals surface area contributed by atoms with Crippen LogP contribution in [0.25, 0.3) is 0 Å². The Morgan fingerprint density at radius 1 is 0.938 bits per heavy atom. The van der Waals surface area contributed by atoms with Crippen molar-refractivity contribution in [3.05, 3.63) is 70.3 Å². The molecule has 0 fully saturated rings. The van der Waals surface area contributed by atoms with Crippen LogP contribution < -0.4 is 5.32 Å². The molecule has 2 N–H and O–H groups in total. The number of carbonyl (C=O) groups excluding carboxylic acids is 2. The van der Waals surface area contributed by atoms with Gasteiger partial charge >= 0.3 is 5.97 Å². The fourth-order valence-electron chi connectivity index (χ4n) is 3.48. The Bertz CT molecular complexity index is 968. The van der Waals surface area contributed by atoms with E-state index in [1.165, 1.54) is 6.07 Å². The highest BCUT2D eigenvalue weighted by atomic mass is 19.1. The monoisotopic (exact) mass is 446 g/mol. The maximum atomic E-state index is 13.4. The highest BCUT2D eigenvalue weighted by Gasteiger charge is 2.23. The molecule has 2 aromatic rings. The van der Waals surface area contributed by atoms with Gasteiger partial charge in [-0.15, -0.1) is 0 Å². The molecule has 8 heteroatoms. The number of carboxylic acids is 1. The second-order valence-corrected chi connectivity index (χ2v) is 7.73. The first-order valence-electron chi connectivity index (χ1n) is 10.5. The summed E-state index contributed by atoms with van der Waals surface area (Å²) in [6.45, 7) is 6.87. The summed E-state index contributed by atoms with van der Waals surface area (Å²) in [5, 5.41) is 11.9. The number of carbonyl (C=O) groups is 3. The molecule has 0 aliphatic carbocycles. The van der Waals surface area contributed by atoms with Gasteiger partial charge in [0.1, 0.15) is 17.7 Å². The van der Waals surface area contributed by atoms with Gasteiger partial charge in [0.05, 0.1) is 0 Å². The molecule has 1 unspecified atom stereocenters. The molecule has 2 rings (SSSR count). The molecule has 32 heavy (non-hydrogen) atoms. The summed E-state index contributed by atoms with van der Waals surface area (Å²) in [6, 6.07) is 5.99. The van der Waals surface area contributed by atoms with E-state index in [-0.39, 0.29) is 23.5 Å². The summed E-state index contributed by atoms with van der Waals surface area (Å²) in [5.41, 5.74) is 1.26. The topological polar surface area (TPSA) is 86.7 Å². The zero-order valence-corrected chi connectivity index (χ0v) is 18.5. The van der Waals surface area contributed by atoms with Crippen molar-refractivity contribution in [2.45, 2.75) is 46.1 Å². The van der Waals surface area contributed by atoms with E-state index in [0.717, 1.165) is 25.0 Å². The minimum Gasteiger partial charge on any atom is -0.480 e. The SMILES string of the molecule is CCCN(CCC)C(=O)c1cc(C)cc(C(=O)NC(Cc2cc(F)cc(F)c2)C(=O)O)c1. The van der Waals surface area contributed by atoms with Gasteiger partial charge in [-0.1, -0.05) is 13.8 Å². The van der Waals surface area contributed by atoms with Crippen molar-refractivity contribution in [1.29, 1.82) is 0 Å². The number of nitrogens with one attached hydrogen (secondary N) is 1. The molecule has 0 aliphatic heterocycles. The molecule has 172 valence electrons. The van der Waals surface area contributed by atoms with Crippen LogP contribution in [0.2, 0.25) is 0 Å². The highest BCUT2D eigenvalue weighted by molar-refractivity contribution is 6.01. The Labute approximate surface area is 186 Å². The van der Waals surface area contributed by atoms with Crippen molar-refractivity contribution in [3.63, 3.8) is 0 Å². The van der Waals surface area contributed by atoms with E-state index in [2.05, 4.69) is 5.32 Å². The first-order chi connectivity index (χ1) is 15.1. The summed E-state index contributed by atoms with van der Waals surface area (Å²) < 4.78 is 26.9. The maximum Gasteiger partial charge on any atom is 0.326 e. The van der Waals surface area contributed by atoms with Crippen molar-refractivity contribution in [3.8, 4) is 0 Å². The lowest BCUT2D eigenvalue weighted by molar-refractivity contribution is -0.139. The Morgan fingerprint density at radius 2 is 1.50 bits per heavy atom. The largest absolute Gasteiger partial charge is 0.480 e. The lowest BCUT2D eigenvalue weighted by Crippen LogP contribution is -2.42. The molecule has 0 aromatic heterocycles. The molecule has 6 nitrogen and oxygen atoms in total. The molecule has 1 atom stereocenters. The first-order valence-corrected chi connectivity index (χ1v) is 10.5. The average Bonchev–Trinajstić information content (AvgIpc) is 2.71. The van der Waals surface area contributed by atoms with E-state index >= 15 is 0 Å². The predicted molar refractivity (Wildman–Crippen MR) is 117 cm³/mol. The highest BCUT2D eigenvalue weighted by Crippen LogP contribution is 2.15. The number of aryl methyl sites for hydroxylation is 1. The minimum absolute atomic E-state index is 0.102. The Kier molecular flexibility index (Phi) is 8.87. The fourth-order valence-corrected chi connectivity index (χ4v) is 3.48. The van der Waals surface area contributed by atoms with Crippen LogP contribution in [0.5, 0.6) is 0 Å². The third-order valence-corrected chi connectivity index (χ3v) is 4.83. The van der Waals surface area contributed by atoms with E-state index in [9.17, 15) is 28.3 Å². The van der Waals surface area contributed by atoms with Crippen LogP contribution in [0.4, 0.5) is 8.78 Å². The number of aliphatic carboxylic acids is 1. The zero-order chi connectivity index (χ0) is 23.8. The van der Waals surface area contributed by atoms with Crippen molar-refractivity contribution >= 4 is 17.8 Å². The van der Waals surface area contributed by atoms with Crippen LogP contribution >= 0.6 is 0 Å². The normalized spacial score (nSPS) is 11.7. The van der Waals surface area contributed by atoms with Crippen molar-refractivity contribution in [1.82, 2.24) is 10.2 Å². The van der Waals surface area contributed by atoms with Crippen LogP contribution in [-0.2, 0) is 11.2 Å². The smallest absolute Gasteiger partial charge is 0.326 e. The van der Waals surface area contributed by atoms with Gasteiger partial charge < -0.3 is 15.3 Å². The summed E-state index contributed by atoms with van der Waals surface area (Å²) in [4.78, 5) is 39.1. The third kappa shape index (κ3) is 6.87. The van der Waals surface area contributed by atoms with Gasteiger partial charge in [-0.25, -0.2) is 13.6 Å². The molecule has 0 spiro atoms. The number of carboxylic acid groups (broad SMARTS) is 1. The number of hydrogen-bond acceptors (Lipinski definition) is 3. The van der Waals surface area contributed by atoms with Gasteiger partial charge in [0.15, 0.2) is 0 Å². The second kappa shape index (κ2) is 11.4. The maximum absolute atomic E-state index is 13.4. The van der Waals surface area contributed by atoms with Gasteiger partial charge in [-0.3, -0.25) is 9.59 Å². The minimum atomic E-state index is -1.40. The second-order valence-electron chi connectivity index (χ2n) is 7.73. The van der Waals surface area contributed by atoms with Crippen LogP contribution in [0.1, 0.15) is 58.5 Å². The Balaban J connectivity index is 2.25. The number of rotatable bonds is 10. The lowest BCUT2D eigenvalue weighted by Gasteiger charge is -2.22. The molecule has 0 saturated heterocycles. The van der Waals surface area contributed by atoms with Crippen LogP contribution in [-0.4, -0.2) is 46.9 Å². The average molecular weight is 446 g/mol. The Morgan fingerprint density at radius 3 is 2.03 bits per heavy atom. The van der Waals surface area contributed by atoms with E-state index < -0.39 is 29.6 Å². The summed E-state index contributed by atoms with van der Waals surface area (Å²) in [7, 11) is 0. The van der Waals surface area contributed by atoms with Crippen molar-refractivity contribution in [2.24, 2.45) is 0 Å². The molecule has 0 heterocycles. The number of amides is 2. The fraction of sp³-hybridized carbons (Fsp3) is 0.375. The summed E-state index contributed by atoms with van der Waals surface area (Å²) in [6.07, 6.45) is 1.30. The van der Waals surface area contributed by atoms with Crippen LogP contribution in [0.3, 0.4) is 0 Å². The first kappa shape index (κ1) is 25.0. The summed E-state index contributed by atoms with van der Waals surface area (Å²) >= 11 is 0. The van der Waals surface area contributed by atoms with E-state index in [1.54, 1.807) is 24.0 Å². The number of nitrogens with zero attached hydrogens (tertiary/aromatic N) is 1. The van der Waals surface area contributed by atoms with Crippen molar-refractivity contribution in [2.75, 3.05) is 13.1 Å². The standard InChI is InChI=1S/C24H28F2N2O4/c1-4-6-28(7-5-2)23(30)18-9-15(3)8-17(13-18)22(29)27-21(24(31)32)12-16-10-19(25)14-20(26)11-16/h8-11,13-14,21H,4-7,12H2,1-3H3,(H,27,29)(H,31,32). The molecule has 0 aliphatic rings. The number of benzene rings is 2. The third-order valence-electron chi connectivity index (χ3n) is 4.83. The van der Waals surface area contributed by atoms with Gasteiger partial charge in [-0.2, -0.15) is 0 Å². The quantitative estimate of drug-likeness (QED) is 0.578. The number of halogens is 2. The molecular formula is C24H28F2N2O4. The predicted octanol–water partition coefficient (Wildman–Crippen LogP) is 3.96. The van der Waals surface area contributed by atoms with Crippen LogP contribution in [0.15, 0.2) is 36.4 Å². The molecule has 2 amide bonds. The van der Waals surface area contributed by atoms with E-state index in [0.29, 0.717) is 30.3 Å². The molecule has 0 radical (unpaired) electrons. The van der Waals surface area contributed by atoms with Crippen molar-refractivity contribution < 1.29 is 28.3 Å². The van der Waals surface area contributed by atoms with E-state index in [1.807, 2.05) is 13.8 Å². The van der Waals surface area contributed by atoms with Crippen LogP contribution in [0, 0.1) is 18.6 Å². The molecule has 2 aromatic carbocycles. The van der Waals surface area contributed by atoms with E-state index in [4.69, 9.17) is 0 Å². The Hall–Kier alpha value is -3.29. The van der Waals surface area contributed by atoms with Gasteiger partial charge in [0, 0.05) is 36.7 Å². The van der Waals surface area contributed by atoms with Gasteiger partial charge in [0.2, 0.25) is 0 Å². The molecule has 0 saturated carbocycles. The lowest BCUT2D eigenvalue weighted by atomic mass is 10.0. The van der Waals surface area contributed by atoms with Gasteiger partial charge in [0.25, 0.3) is 11.8 Å². The number of hydrogen-bond donors (Lipinski definition) is 2. The molecule has 0 bridgehead atoms.